The van der Waals surface area contributed by atoms with Crippen molar-refractivity contribution in [1.29, 1.82) is 0 Å². The molecule has 2 aromatic carbocycles. The van der Waals surface area contributed by atoms with Crippen LogP contribution in [0.15, 0.2) is 54.6 Å². The normalized spacial score (nSPS) is 12.2. The van der Waals surface area contributed by atoms with Crippen molar-refractivity contribution in [3.05, 3.63) is 69.9 Å². The van der Waals surface area contributed by atoms with Gasteiger partial charge in [-0.2, -0.15) is 0 Å². The van der Waals surface area contributed by atoms with Gasteiger partial charge < -0.3 is 5.32 Å². The van der Waals surface area contributed by atoms with E-state index in [0.717, 1.165) is 11.4 Å². The van der Waals surface area contributed by atoms with Crippen molar-refractivity contribution in [1.82, 2.24) is 5.32 Å². The van der Waals surface area contributed by atoms with Crippen LogP contribution in [0.3, 0.4) is 0 Å². The van der Waals surface area contributed by atoms with Gasteiger partial charge in [-0.25, -0.2) is 0 Å². The van der Waals surface area contributed by atoms with E-state index in [9.17, 15) is 0 Å². The maximum absolute atomic E-state index is 3.65. The molecule has 0 aliphatic heterocycles. The first-order chi connectivity index (χ1) is 11.6. The number of fused-ring (bicyclic) bond motifs is 1. The smallest absolute Gasteiger partial charge is 0.0771 e. The molecule has 0 spiro atoms. The van der Waals surface area contributed by atoms with Gasteiger partial charge in [0, 0.05) is 23.4 Å². The number of rotatable bonds is 4. The molecule has 0 aliphatic rings. The lowest BCUT2D eigenvalue weighted by Crippen LogP contribution is -2.17. The molecule has 2 heteroatoms. The van der Waals surface area contributed by atoms with Crippen LogP contribution >= 0.6 is 11.3 Å². The second-order valence-corrected chi connectivity index (χ2v) is 7.53. The third-order valence-electron chi connectivity index (χ3n) is 4.02. The van der Waals surface area contributed by atoms with E-state index in [1.54, 1.807) is 11.3 Å². The van der Waals surface area contributed by atoms with E-state index >= 15 is 0 Å². The van der Waals surface area contributed by atoms with Gasteiger partial charge in [-0.05, 0) is 35.4 Å². The molecule has 1 nitrogen and oxygen atoms in total. The molecule has 24 heavy (non-hydrogen) atoms. The average Bonchev–Trinajstić information content (AvgIpc) is 3.05. The van der Waals surface area contributed by atoms with E-state index in [1.165, 1.54) is 21.2 Å². The molecule has 1 N–H and O–H groups in total. The average molecular weight is 334 g/mol. The molecule has 0 bridgehead atoms. The maximum atomic E-state index is 3.65. The molecule has 122 valence electrons. The lowest BCUT2D eigenvalue weighted by atomic mass is 10.00. The molecule has 3 rings (SSSR count). The minimum atomic E-state index is 0.309. The van der Waals surface area contributed by atoms with E-state index in [2.05, 4.69) is 92.5 Å². The van der Waals surface area contributed by atoms with Crippen LogP contribution in [0.1, 0.15) is 42.1 Å². The number of benzene rings is 2. The van der Waals surface area contributed by atoms with Crippen molar-refractivity contribution in [2.75, 3.05) is 0 Å². The summed E-state index contributed by atoms with van der Waals surface area (Å²) >= 11 is 1.78. The molecule has 1 heterocycles. The van der Waals surface area contributed by atoms with Crippen LogP contribution in [-0.2, 0) is 6.54 Å². The molecule has 0 amide bonds. The Morgan fingerprint density at radius 3 is 2.58 bits per heavy atom. The number of nitrogens with one attached hydrogen (secondary N) is 1. The van der Waals surface area contributed by atoms with Crippen LogP contribution < -0.4 is 5.32 Å². The topological polar surface area (TPSA) is 12.0 Å². The van der Waals surface area contributed by atoms with Gasteiger partial charge in [-0.3, -0.25) is 0 Å². The Hall–Kier alpha value is -2.08. The molecule has 0 fully saturated rings. The minimum absolute atomic E-state index is 0.309. The second-order valence-electron chi connectivity index (χ2n) is 6.36. The summed E-state index contributed by atoms with van der Waals surface area (Å²) in [7, 11) is 0. The molecular formula is C22H23NS. The van der Waals surface area contributed by atoms with Gasteiger partial charge in [0.05, 0.1) is 4.88 Å². The van der Waals surface area contributed by atoms with Crippen LogP contribution in [-0.4, -0.2) is 0 Å². The first-order valence-corrected chi connectivity index (χ1v) is 9.26. The fraction of sp³-hybridized carbons (Fsp3) is 0.273. The summed E-state index contributed by atoms with van der Waals surface area (Å²) < 4.78 is 0. The Morgan fingerprint density at radius 2 is 1.75 bits per heavy atom. The van der Waals surface area contributed by atoms with Crippen molar-refractivity contribution < 1.29 is 0 Å². The molecule has 1 aromatic heterocycles. The first kappa shape index (κ1) is 16.8. The zero-order chi connectivity index (χ0) is 16.9. The fourth-order valence-corrected chi connectivity index (χ4v) is 3.57. The van der Waals surface area contributed by atoms with E-state index in [-0.39, 0.29) is 0 Å². The van der Waals surface area contributed by atoms with Crippen molar-refractivity contribution in [3.8, 4) is 11.8 Å². The van der Waals surface area contributed by atoms with Gasteiger partial charge in [-0.1, -0.05) is 68.2 Å². The molecule has 0 saturated heterocycles. The van der Waals surface area contributed by atoms with Crippen LogP contribution in [0.2, 0.25) is 0 Å². The molecule has 0 unspecified atom stereocenters. The van der Waals surface area contributed by atoms with Gasteiger partial charge in [0.15, 0.2) is 0 Å². The van der Waals surface area contributed by atoms with Crippen molar-refractivity contribution in [2.24, 2.45) is 5.92 Å². The monoisotopic (exact) mass is 333 g/mol. The summed E-state index contributed by atoms with van der Waals surface area (Å²) in [5.41, 5.74) is 1.35. The zero-order valence-electron chi connectivity index (χ0n) is 14.5. The zero-order valence-corrected chi connectivity index (χ0v) is 15.3. The molecule has 3 aromatic rings. The van der Waals surface area contributed by atoms with Gasteiger partial charge in [0.2, 0.25) is 0 Å². The van der Waals surface area contributed by atoms with Gasteiger partial charge in [0.1, 0.15) is 0 Å². The van der Waals surface area contributed by atoms with Crippen LogP contribution in [0.4, 0.5) is 0 Å². The Morgan fingerprint density at radius 1 is 0.958 bits per heavy atom. The van der Waals surface area contributed by atoms with Crippen LogP contribution in [0.5, 0.6) is 0 Å². The number of hydrogen-bond acceptors (Lipinski definition) is 2. The largest absolute Gasteiger partial charge is 0.305 e. The maximum Gasteiger partial charge on any atom is 0.0771 e. The van der Waals surface area contributed by atoms with Gasteiger partial charge in [-0.15, -0.1) is 11.3 Å². The first-order valence-electron chi connectivity index (χ1n) is 8.45. The predicted octanol–water partition coefficient (Wildman–Crippen LogP) is 5.76. The molecule has 0 radical (unpaired) electrons. The molecular weight excluding hydrogens is 310 g/mol. The highest BCUT2D eigenvalue weighted by atomic mass is 32.1. The Kier molecular flexibility index (Phi) is 5.35. The van der Waals surface area contributed by atoms with Crippen molar-refractivity contribution in [3.63, 3.8) is 0 Å². The van der Waals surface area contributed by atoms with Gasteiger partial charge >= 0.3 is 0 Å². The van der Waals surface area contributed by atoms with E-state index in [4.69, 9.17) is 0 Å². The second kappa shape index (κ2) is 7.66. The summed E-state index contributed by atoms with van der Waals surface area (Å²) in [6, 6.07) is 19.7. The van der Waals surface area contributed by atoms with E-state index in [0.29, 0.717) is 12.0 Å². The van der Waals surface area contributed by atoms with Crippen LogP contribution in [0, 0.1) is 17.8 Å². The van der Waals surface area contributed by atoms with E-state index in [1.807, 2.05) is 0 Å². The third-order valence-corrected chi connectivity index (χ3v) is 5.02. The quantitative estimate of drug-likeness (QED) is 0.599. The minimum Gasteiger partial charge on any atom is -0.305 e. The summed E-state index contributed by atoms with van der Waals surface area (Å²) in [5, 5.41) is 6.27. The van der Waals surface area contributed by atoms with Crippen LogP contribution in [0.25, 0.3) is 10.8 Å². The fourth-order valence-electron chi connectivity index (χ4n) is 2.75. The lowest BCUT2D eigenvalue weighted by Gasteiger charge is -2.16. The Bertz CT molecular complexity index is 874. The highest BCUT2D eigenvalue weighted by molar-refractivity contribution is 7.12. The van der Waals surface area contributed by atoms with Crippen molar-refractivity contribution in [2.45, 2.75) is 33.4 Å². The Balaban J connectivity index is 1.69. The number of hydrogen-bond donors (Lipinski definition) is 1. The Labute approximate surface area is 148 Å². The van der Waals surface area contributed by atoms with Gasteiger partial charge in [0.25, 0.3) is 0 Å². The highest BCUT2D eigenvalue weighted by Crippen LogP contribution is 2.25. The summed E-state index contributed by atoms with van der Waals surface area (Å²) in [4.78, 5) is 2.48. The standard InChI is InChI=1S/C22H23NS/c1-16(2)11-12-19-13-14-20(24-19)15-23-17(3)21-10-6-8-18-7-4-5-9-22(18)21/h4-10,13-14,16-17,23H,15H2,1-3H3/t17-/m1/s1. The predicted molar refractivity (Wildman–Crippen MR) is 105 cm³/mol. The molecule has 0 aliphatic carbocycles. The highest BCUT2D eigenvalue weighted by Gasteiger charge is 2.09. The number of thiophene rings is 1. The summed E-state index contributed by atoms with van der Waals surface area (Å²) in [6.07, 6.45) is 0. The van der Waals surface area contributed by atoms with E-state index < -0.39 is 0 Å². The lowest BCUT2D eigenvalue weighted by molar-refractivity contribution is 0.582. The van der Waals surface area contributed by atoms with Crippen molar-refractivity contribution >= 4 is 22.1 Å². The molecule has 0 saturated carbocycles. The third kappa shape index (κ3) is 4.06. The summed E-state index contributed by atoms with van der Waals surface area (Å²) in [6.45, 7) is 7.34. The molecule has 1 atom stereocenters. The SMILES string of the molecule is CC(C)C#Cc1ccc(CN[C@H](C)c2cccc3ccccc23)s1. The summed E-state index contributed by atoms with van der Waals surface area (Å²) in [5.74, 6) is 6.89.